The van der Waals surface area contributed by atoms with Gasteiger partial charge in [0.05, 0.1) is 47.7 Å². The molecule has 1 aromatic heterocycles. The molecule has 9 nitrogen and oxygen atoms in total. The number of para-hydroxylation sites is 2. The predicted octanol–water partition coefficient (Wildman–Crippen LogP) is 5.39. The smallest absolute Gasteiger partial charge is 0.255 e. The van der Waals surface area contributed by atoms with Crippen molar-refractivity contribution in [2.45, 2.75) is 13.8 Å². The first-order valence-electron chi connectivity index (χ1n) is 12.4. The summed E-state index contributed by atoms with van der Waals surface area (Å²) in [6.07, 6.45) is 0. The Hall–Kier alpha value is -4.79. The van der Waals surface area contributed by atoms with Gasteiger partial charge in [-0.3, -0.25) is 10.2 Å². The summed E-state index contributed by atoms with van der Waals surface area (Å²) in [4.78, 5) is 19.2. The van der Waals surface area contributed by atoms with Crippen LogP contribution < -0.4 is 19.7 Å². The van der Waals surface area contributed by atoms with Gasteiger partial charge in [0.1, 0.15) is 28.9 Å². The van der Waals surface area contributed by atoms with Crippen molar-refractivity contribution in [2.75, 3.05) is 30.0 Å². The molecule has 1 aliphatic heterocycles. The van der Waals surface area contributed by atoms with E-state index in [4.69, 9.17) is 14.9 Å². The maximum absolute atomic E-state index is 12.9. The summed E-state index contributed by atoms with van der Waals surface area (Å²) in [7, 11) is 1.86. The largest absolute Gasteiger partial charge is 0.509 e. The molecule has 0 bridgehead atoms. The first kappa shape index (κ1) is 24.9. The molecular weight excluding hydrogens is 482 g/mol. The van der Waals surface area contributed by atoms with E-state index in [2.05, 4.69) is 10.3 Å². The van der Waals surface area contributed by atoms with Crippen LogP contribution in [0.4, 0.5) is 11.4 Å². The Morgan fingerprint density at radius 1 is 1.03 bits per heavy atom. The zero-order valence-corrected chi connectivity index (χ0v) is 21.5. The minimum absolute atomic E-state index is 0.0373. The number of anilines is 2. The van der Waals surface area contributed by atoms with Crippen LogP contribution in [-0.2, 0) is 7.05 Å². The highest BCUT2D eigenvalue weighted by Crippen LogP contribution is 2.42. The van der Waals surface area contributed by atoms with E-state index in [0.29, 0.717) is 53.0 Å². The highest BCUT2D eigenvalue weighted by atomic mass is 16.5. The SMILES string of the molecule is CCOc1cc(N2CC(O)=C(c3nc4ccccc4n3C)C2=N)c(OCC)cc1NC(=O)c1ccccc1. The fraction of sp³-hybridized carbons (Fsp3) is 0.207. The van der Waals surface area contributed by atoms with Crippen LogP contribution in [-0.4, -0.2) is 46.2 Å². The maximum atomic E-state index is 12.9. The quantitative estimate of drug-likeness (QED) is 0.292. The number of imidazole rings is 1. The zero-order valence-electron chi connectivity index (χ0n) is 21.5. The molecule has 0 saturated carbocycles. The molecular formula is C29H29N5O4. The third-order valence-corrected chi connectivity index (χ3v) is 6.35. The van der Waals surface area contributed by atoms with E-state index >= 15 is 0 Å². The highest BCUT2D eigenvalue weighted by molar-refractivity contribution is 6.30. The van der Waals surface area contributed by atoms with Gasteiger partial charge in [-0.05, 0) is 38.1 Å². The van der Waals surface area contributed by atoms with Crippen molar-refractivity contribution in [3.63, 3.8) is 0 Å². The number of nitrogens with zero attached hydrogens (tertiary/aromatic N) is 3. The monoisotopic (exact) mass is 511 g/mol. The van der Waals surface area contributed by atoms with Gasteiger partial charge in [0.15, 0.2) is 0 Å². The maximum Gasteiger partial charge on any atom is 0.255 e. The molecule has 1 amide bonds. The van der Waals surface area contributed by atoms with Crippen molar-refractivity contribution in [3.8, 4) is 11.5 Å². The van der Waals surface area contributed by atoms with Gasteiger partial charge in [-0.15, -0.1) is 0 Å². The summed E-state index contributed by atoms with van der Waals surface area (Å²) < 4.78 is 13.7. The Morgan fingerprint density at radius 3 is 2.42 bits per heavy atom. The van der Waals surface area contributed by atoms with Crippen LogP contribution in [0.25, 0.3) is 16.6 Å². The normalized spacial score (nSPS) is 13.3. The number of nitrogens with one attached hydrogen (secondary N) is 2. The number of carbonyl (C=O) groups is 1. The van der Waals surface area contributed by atoms with Gasteiger partial charge in [0.25, 0.3) is 5.91 Å². The van der Waals surface area contributed by atoms with Crippen molar-refractivity contribution in [1.29, 1.82) is 5.41 Å². The third kappa shape index (κ3) is 4.43. The second-order valence-electron chi connectivity index (χ2n) is 8.74. The van der Waals surface area contributed by atoms with Crippen molar-refractivity contribution in [2.24, 2.45) is 7.05 Å². The van der Waals surface area contributed by atoms with E-state index < -0.39 is 0 Å². The number of aliphatic hydroxyl groups excluding tert-OH is 1. The first-order chi connectivity index (χ1) is 18.4. The molecule has 9 heteroatoms. The summed E-state index contributed by atoms with van der Waals surface area (Å²) in [6.45, 7) is 4.52. The number of carbonyl (C=O) groups excluding carboxylic acids is 1. The molecule has 0 spiro atoms. The van der Waals surface area contributed by atoms with Crippen molar-refractivity contribution in [1.82, 2.24) is 9.55 Å². The molecule has 1 aliphatic rings. The lowest BCUT2D eigenvalue weighted by Gasteiger charge is -2.24. The van der Waals surface area contributed by atoms with Gasteiger partial charge in [0.2, 0.25) is 0 Å². The Balaban J connectivity index is 1.53. The number of rotatable bonds is 8. The fourth-order valence-corrected chi connectivity index (χ4v) is 4.58. The molecule has 38 heavy (non-hydrogen) atoms. The molecule has 0 fully saturated rings. The average Bonchev–Trinajstić information content (AvgIpc) is 3.40. The molecule has 3 N–H and O–H groups in total. The lowest BCUT2D eigenvalue weighted by Crippen LogP contribution is -2.27. The number of aromatic nitrogens is 2. The number of hydrogen-bond acceptors (Lipinski definition) is 6. The lowest BCUT2D eigenvalue weighted by molar-refractivity contribution is 0.102. The fourth-order valence-electron chi connectivity index (χ4n) is 4.58. The molecule has 0 atom stereocenters. The molecule has 2 heterocycles. The molecule has 0 unspecified atom stereocenters. The van der Waals surface area contributed by atoms with E-state index in [0.717, 1.165) is 11.0 Å². The number of amides is 1. The molecule has 0 radical (unpaired) electrons. The Kier molecular flexibility index (Phi) is 6.74. The standard InChI is InChI=1S/C29H29N5O4/c1-4-37-24-16-22(25(38-5-2)15-20(24)32-29(36)18-11-7-6-8-12-18)34-17-23(35)26(27(34)30)28-31-19-13-9-10-14-21(19)33(28)3/h6-16,30,35H,4-5,17H2,1-3H3,(H,32,36). The van der Waals surface area contributed by atoms with Gasteiger partial charge < -0.3 is 29.4 Å². The van der Waals surface area contributed by atoms with Crippen molar-refractivity contribution < 1.29 is 19.4 Å². The molecule has 0 aliphatic carbocycles. The number of ether oxygens (including phenoxy) is 2. The topological polar surface area (TPSA) is 113 Å². The summed E-state index contributed by atoms with van der Waals surface area (Å²) in [6, 6.07) is 20.0. The number of fused-ring (bicyclic) bond motifs is 1. The first-order valence-corrected chi connectivity index (χ1v) is 12.4. The second-order valence-corrected chi connectivity index (χ2v) is 8.74. The average molecular weight is 512 g/mol. The number of amidine groups is 1. The number of aliphatic hydroxyl groups is 1. The van der Waals surface area contributed by atoms with Gasteiger partial charge in [-0.2, -0.15) is 0 Å². The number of benzene rings is 3. The van der Waals surface area contributed by atoms with Crippen LogP contribution in [0.5, 0.6) is 11.5 Å². The predicted molar refractivity (Wildman–Crippen MR) is 149 cm³/mol. The van der Waals surface area contributed by atoms with Crippen LogP contribution in [0.1, 0.15) is 30.0 Å². The Bertz CT molecular complexity index is 1560. The van der Waals surface area contributed by atoms with Crippen LogP contribution in [0.2, 0.25) is 0 Å². The number of hydrogen-bond donors (Lipinski definition) is 3. The van der Waals surface area contributed by atoms with E-state index in [1.54, 1.807) is 41.3 Å². The van der Waals surface area contributed by atoms with Crippen LogP contribution in [0, 0.1) is 5.41 Å². The molecule has 3 aromatic carbocycles. The molecule has 4 aromatic rings. The summed E-state index contributed by atoms with van der Waals surface area (Å²) in [5, 5.41) is 22.9. The van der Waals surface area contributed by atoms with Gasteiger partial charge in [-0.1, -0.05) is 30.3 Å². The molecule has 5 rings (SSSR count). The Labute approximate surface area is 220 Å². The summed E-state index contributed by atoms with van der Waals surface area (Å²) in [5.74, 6) is 1.23. The van der Waals surface area contributed by atoms with E-state index in [1.807, 2.05) is 55.8 Å². The Morgan fingerprint density at radius 2 is 1.71 bits per heavy atom. The minimum Gasteiger partial charge on any atom is -0.509 e. The van der Waals surface area contributed by atoms with E-state index in [-0.39, 0.29) is 24.0 Å². The van der Waals surface area contributed by atoms with Gasteiger partial charge in [-0.25, -0.2) is 4.98 Å². The second kappa shape index (κ2) is 10.3. The van der Waals surface area contributed by atoms with E-state index in [9.17, 15) is 9.90 Å². The highest BCUT2D eigenvalue weighted by Gasteiger charge is 2.34. The van der Waals surface area contributed by atoms with Crippen LogP contribution in [0.3, 0.4) is 0 Å². The van der Waals surface area contributed by atoms with Crippen LogP contribution in [0.15, 0.2) is 72.5 Å². The van der Waals surface area contributed by atoms with Crippen molar-refractivity contribution >= 4 is 39.7 Å². The van der Waals surface area contributed by atoms with Gasteiger partial charge in [0, 0.05) is 24.7 Å². The third-order valence-electron chi connectivity index (χ3n) is 6.35. The molecule has 0 saturated heterocycles. The molecule has 194 valence electrons. The summed E-state index contributed by atoms with van der Waals surface area (Å²) in [5.41, 5.74) is 3.54. The summed E-state index contributed by atoms with van der Waals surface area (Å²) >= 11 is 0. The van der Waals surface area contributed by atoms with Gasteiger partial charge >= 0.3 is 0 Å². The van der Waals surface area contributed by atoms with Crippen molar-refractivity contribution in [3.05, 3.63) is 83.9 Å². The van der Waals surface area contributed by atoms with Crippen LogP contribution >= 0.6 is 0 Å². The number of aryl methyl sites for hydroxylation is 1. The van der Waals surface area contributed by atoms with E-state index in [1.165, 1.54) is 0 Å². The zero-order chi connectivity index (χ0) is 26.8. The minimum atomic E-state index is -0.279. The lowest BCUT2D eigenvalue weighted by atomic mass is 10.1.